The van der Waals surface area contributed by atoms with E-state index in [9.17, 15) is 19.2 Å². The minimum absolute atomic E-state index is 0.0523. The average Bonchev–Trinajstić information content (AvgIpc) is 2.70. The molecule has 0 bridgehead atoms. The van der Waals surface area contributed by atoms with Gasteiger partial charge in [-0.2, -0.15) is 0 Å². The van der Waals surface area contributed by atoms with Gasteiger partial charge in [0.2, 0.25) is 0 Å². The lowest BCUT2D eigenvalue weighted by Crippen LogP contribution is -2.57. The van der Waals surface area contributed by atoms with Gasteiger partial charge < -0.3 is 23.7 Å². The van der Waals surface area contributed by atoms with E-state index >= 15 is 0 Å². The van der Waals surface area contributed by atoms with Crippen LogP contribution >= 0.6 is 0 Å². The molecule has 9 nitrogen and oxygen atoms in total. The van der Waals surface area contributed by atoms with Crippen molar-refractivity contribution in [2.24, 2.45) is 0 Å². The van der Waals surface area contributed by atoms with Gasteiger partial charge in [-0.05, 0) is 33.6 Å². The second-order valence-corrected chi connectivity index (χ2v) is 7.19. The third kappa shape index (κ3) is 7.56. The summed E-state index contributed by atoms with van der Waals surface area (Å²) in [6.07, 6.45) is -2.85. The highest BCUT2D eigenvalue weighted by atomic mass is 16.6. The van der Waals surface area contributed by atoms with E-state index in [1.165, 1.54) is 27.7 Å². The Labute approximate surface area is 186 Å². The minimum atomic E-state index is -1.35. The molecule has 1 aliphatic heterocycles. The van der Waals surface area contributed by atoms with Crippen molar-refractivity contribution in [3.63, 3.8) is 0 Å². The monoisotopic (exact) mass is 446 g/mol. The molecule has 0 aromatic rings. The fraction of sp³-hybridized carbons (Fsp3) is 0.391. The highest BCUT2D eigenvalue weighted by Gasteiger charge is 2.47. The van der Waals surface area contributed by atoms with Crippen LogP contribution in [0, 0.1) is 12.0 Å². The van der Waals surface area contributed by atoms with Gasteiger partial charge in [-0.15, -0.1) is 0 Å². The van der Waals surface area contributed by atoms with Crippen molar-refractivity contribution in [2.75, 3.05) is 6.61 Å². The lowest BCUT2D eigenvalue weighted by molar-refractivity contribution is -0.215. The quantitative estimate of drug-likeness (QED) is 0.250. The summed E-state index contributed by atoms with van der Waals surface area (Å²) in [5.74, 6) is -0.671. The molecule has 9 heteroatoms. The summed E-state index contributed by atoms with van der Waals surface area (Å²) in [6.45, 7) is 19.4. The molecule has 1 aliphatic rings. The summed E-state index contributed by atoms with van der Waals surface area (Å²) >= 11 is 0. The molecule has 32 heavy (non-hydrogen) atoms. The largest absolute Gasteiger partial charge is 0.452 e. The molecule has 1 rings (SSSR count). The SMILES string of the molecule is C=C(C)C(=O)OC#CC1OC[C@@H](OC(=O)C(=C)C)[C@@H](OC(=O)C(=C)C)C1OC(=O)C(=C)C. The standard InChI is InChI=1S/C23H26O9/c1-12(2)20(24)28-10-9-16-18(31-22(26)14(5)6)19(32-23(27)15(7)8)17(11-29-16)30-21(25)13(3)4/h16-19H,1,3,5,7,11H2,2,4,6,8H3/t16?,17-,18?,19-/m1/s1. The Bertz CT molecular complexity index is 915. The first-order valence-electron chi connectivity index (χ1n) is 9.43. The Morgan fingerprint density at radius 3 is 1.62 bits per heavy atom. The second kappa shape index (κ2) is 11.7. The molecule has 0 radical (unpaired) electrons. The van der Waals surface area contributed by atoms with E-state index in [4.69, 9.17) is 23.7 Å². The molecular weight excluding hydrogens is 420 g/mol. The van der Waals surface area contributed by atoms with Crippen LogP contribution in [-0.4, -0.2) is 54.9 Å². The topological polar surface area (TPSA) is 114 Å². The van der Waals surface area contributed by atoms with Gasteiger partial charge in [0.1, 0.15) is 6.11 Å². The molecule has 1 heterocycles. The Morgan fingerprint density at radius 1 is 0.719 bits per heavy atom. The van der Waals surface area contributed by atoms with Crippen LogP contribution in [0.5, 0.6) is 0 Å². The molecule has 4 atom stereocenters. The van der Waals surface area contributed by atoms with E-state index in [1.54, 1.807) is 0 Å². The second-order valence-electron chi connectivity index (χ2n) is 7.19. The molecule has 0 spiro atoms. The zero-order valence-electron chi connectivity index (χ0n) is 18.5. The number of hydrogen-bond acceptors (Lipinski definition) is 9. The van der Waals surface area contributed by atoms with Gasteiger partial charge >= 0.3 is 23.9 Å². The Kier molecular flexibility index (Phi) is 9.63. The summed E-state index contributed by atoms with van der Waals surface area (Å²) in [5, 5.41) is 0. The van der Waals surface area contributed by atoms with Gasteiger partial charge in [0.25, 0.3) is 0 Å². The predicted octanol–water partition coefficient (Wildman–Crippen LogP) is 1.93. The number of esters is 4. The van der Waals surface area contributed by atoms with Crippen LogP contribution in [0.3, 0.4) is 0 Å². The van der Waals surface area contributed by atoms with Crippen molar-refractivity contribution in [3.05, 3.63) is 48.6 Å². The van der Waals surface area contributed by atoms with Gasteiger partial charge in [-0.1, -0.05) is 26.3 Å². The van der Waals surface area contributed by atoms with Crippen molar-refractivity contribution >= 4 is 23.9 Å². The number of carbonyl (C=O) groups excluding carboxylic acids is 4. The molecule has 1 fully saturated rings. The number of carbonyl (C=O) groups is 4. The normalized spacial score (nSPS) is 21.6. The van der Waals surface area contributed by atoms with Crippen LogP contribution in [0.15, 0.2) is 48.6 Å². The molecule has 1 saturated heterocycles. The highest BCUT2D eigenvalue weighted by Crippen LogP contribution is 2.26. The van der Waals surface area contributed by atoms with Crippen LogP contribution in [0.1, 0.15) is 27.7 Å². The number of hydrogen-bond donors (Lipinski definition) is 0. The van der Waals surface area contributed by atoms with Crippen LogP contribution in [0.25, 0.3) is 0 Å². The Hall–Kier alpha value is -3.64. The van der Waals surface area contributed by atoms with Gasteiger partial charge in [0.15, 0.2) is 24.4 Å². The molecule has 0 saturated carbocycles. The van der Waals surface area contributed by atoms with Gasteiger partial charge in [-0.3, -0.25) is 0 Å². The minimum Gasteiger partial charge on any atom is -0.452 e. The van der Waals surface area contributed by atoms with E-state index in [-0.39, 0.29) is 28.9 Å². The van der Waals surface area contributed by atoms with Gasteiger partial charge in [-0.25, -0.2) is 19.2 Å². The molecule has 172 valence electrons. The third-order valence-corrected chi connectivity index (χ3v) is 3.91. The lowest BCUT2D eigenvalue weighted by atomic mass is 9.99. The van der Waals surface area contributed by atoms with E-state index in [0.29, 0.717) is 0 Å². The molecule has 0 N–H and O–H groups in total. The molecule has 0 amide bonds. The fourth-order valence-corrected chi connectivity index (χ4v) is 2.18. The van der Waals surface area contributed by atoms with E-state index in [1.807, 2.05) is 0 Å². The Balaban J connectivity index is 3.33. The maximum absolute atomic E-state index is 12.2. The van der Waals surface area contributed by atoms with Crippen molar-refractivity contribution in [3.8, 4) is 12.0 Å². The number of rotatable bonds is 7. The van der Waals surface area contributed by atoms with Gasteiger partial charge in [0, 0.05) is 22.3 Å². The lowest BCUT2D eigenvalue weighted by Gasteiger charge is -2.39. The van der Waals surface area contributed by atoms with E-state index in [0.717, 1.165) is 0 Å². The molecule has 0 aromatic carbocycles. The first-order chi connectivity index (χ1) is 14.8. The summed E-state index contributed by atoms with van der Waals surface area (Å²) in [5.41, 5.74) is 0.328. The maximum atomic E-state index is 12.2. The third-order valence-electron chi connectivity index (χ3n) is 3.91. The predicted molar refractivity (Wildman–Crippen MR) is 113 cm³/mol. The summed E-state index contributed by atoms with van der Waals surface area (Å²) in [4.78, 5) is 48.1. The smallest absolute Gasteiger partial charge is 0.347 e. The van der Waals surface area contributed by atoms with Crippen LogP contribution < -0.4 is 0 Å². The zero-order chi connectivity index (χ0) is 24.6. The van der Waals surface area contributed by atoms with E-state index in [2.05, 4.69) is 38.3 Å². The molecule has 0 aromatic heterocycles. The van der Waals surface area contributed by atoms with Crippen LogP contribution in [-0.2, 0) is 42.9 Å². The molecule has 0 aliphatic carbocycles. The fourth-order valence-electron chi connectivity index (χ4n) is 2.18. The first kappa shape index (κ1) is 26.4. The Morgan fingerprint density at radius 2 is 1.16 bits per heavy atom. The maximum Gasteiger partial charge on any atom is 0.347 e. The first-order valence-corrected chi connectivity index (χ1v) is 9.43. The summed E-state index contributed by atoms with van der Waals surface area (Å²) < 4.78 is 26.4. The zero-order valence-corrected chi connectivity index (χ0v) is 18.5. The van der Waals surface area contributed by atoms with Crippen LogP contribution in [0.4, 0.5) is 0 Å². The molecular formula is C23H26O9. The van der Waals surface area contributed by atoms with Crippen molar-refractivity contribution in [1.29, 1.82) is 0 Å². The van der Waals surface area contributed by atoms with Gasteiger partial charge in [0.05, 0.1) is 6.61 Å². The van der Waals surface area contributed by atoms with E-state index < -0.39 is 48.3 Å². The summed E-state index contributed by atoms with van der Waals surface area (Å²) in [7, 11) is 0. The van der Waals surface area contributed by atoms with Crippen LogP contribution in [0.2, 0.25) is 0 Å². The van der Waals surface area contributed by atoms with Crippen molar-refractivity contribution in [1.82, 2.24) is 0 Å². The van der Waals surface area contributed by atoms with Crippen molar-refractivity contribution in [2.45, 2.75) is 52.1 Å². The molecule has 2 unspecified atom stereocenters. The number of ether oxygens (including phenoxy) is 5. The summed E-state index contributed by atoms with van der Waals surface area (Å²) in [6, 6.07) is 0. The highest BCUT2D eigenvalue weighted by molar-refractivity contribution is 5.89. The van der Waals surface area contributed by atoms with Crippen molar-refractivity contribution < 1.29 is 42.9 Å². The average molecular weight is 446 g/mol.